The van der Waals surface area contributed by atoms with Gasteiger partial charge in [0.05, 0.1) is 29.3 Å². The Hall–Kier alpha value is -1.47. The fraction of sp³-hybridized carbons (Fsp3) is 0.583. The normalized spacial score (nSPS) is 22.6. The highest BCUT2D eigenvalue weighted by Crippen LogP contribution is 2.14. The highest BCUT2D eigenvalue weighted by Gasteiger charge is 2.34. The maximum absolute atomic E-state index is 12.1. The van der Waals surface area contributed by atoms with Crippen LogP contribution in [0.25, 0.3) is 0 Å². The molecule has 2 N–H and O–H groups in total. The average Bonchev–Trinajstić information content (AvgIpc) is 2.86. The van der Waals surface area contributed by atoms with Crippen LogP contribution in [0, 0.1) is 6.92 Å². The van der Waals surface area contributed by atoms with Crippen molar-refractivity contribution in [1.82, 2.24) is 15.2 Å². The smallest absolute Gasteiger partial charge is 0.228 e. The molecule has 104 valence electrons. The summed E-state index contributed by atoms with van der Waals surface area (Å²) in [7, 11) is 0. The van der Waals surface area contributed by atoms with Crippen molar-refractivity contribution in [2.75, 3.05) is 13.1 Å². The van der Waals surface area contributed by atoms with Crippen LogP contribution in [0.5, 0.6) is 0 Å². The largest absolute Gasteiger partial charge is 0.389 e. The SMILES string of the molecule is CC(=O)N[C@@H]1CN(C(=O)Cc2csc(C)n2)C[C@H]1O. The van der Waals surface area contributed by atoms with Crippen LogP contribution in [0.1, 0.15) is 17.6 Å². The molecule has 0 aromatic carbocycles. The van der Waals surface area contributed by atoms with E-state index in [4.69, 9.17) is 0 Å². The van der Waals surface area contributed by atoms with Gasteiger partial charge >= 0.3 is 0 Å². The molecule has 2 heterocycles. The number of likely N-dealkylation sites (tertiary alicyclic amines) is 1. The van der Waals surface area contributed by atoms with E-state index in [2.05, 4.69) is 10.3 Å². The second-order valence-corrected chi connectivity index (χ2v) is 5.77. The number of aliphatic hydroxyl groups is 1. The number of aliphatic hydroxyl groups excluding tert-OH is 1. The molecule has 1 aliphatic heterocycles. The van der Waals surface area contributed by atoms with Crippen molar-refractivity contribution >= 4 is 23.2 Å². The number of aryl methyl sites for hydroxylation is 1. The number of hydrogen-bond donors (Lipinski definition) is 2. The predicted octanol–water partition coefficient (Wildman–Crippen LogP) is -0.298. The van der Waals surface area contributed by atoms with Gasteiger partial charge in [0.1, 0.15) is 0 Å². The zero-order valence-electron chi connectivity index (χ0n) is 10.9. The molecular weight excluding hydrogens is 266 g/mol. The number of carbonyl (C=O) groups excluding carboxylic acids is 2. The highest BCUT2D eigenvalue weighted by molar-refractivity contribution is 7.09. The number of hydrogen-bond acceptors (Lipinski definition) is 5. The van der Waals surface area contributed by atoms with Crippen LogP contribution in [0.4, 0.5) is 0 Å². The first-order valence-corrected chi connectivity index (χ1v) is 6.97. The van der Waals surface area contributed by atoms with Gasteiger partial charge in [0.15, 0.2) is 0 Å². The van der Waals surface area contributed by atoms with Gasteiger partial charge in [0, 0.05) is 25.4 Å². The number of aromatic nitrogens is 1. The van der Waals surface area contributed by atoms with Gasteiger partial charge in [-0.05, 0) is 6.92 Å². The Bertz CT molecular complexity index is 488. The molecule has 0 saturated carbocycles. The van der Waals surface area contributed by atoms with Gasteiger partial charge in [-0.3, -0.25) is 9.59 Å². The van der Waals surface area contributed by atoms with Crippen LogP contribution in [-0.2, 0) is 16.0 Å². The summed E-state index contributed by atoms with van der Waals surface area (Å²) in [6.45, 7) is 3.90. The Labute approximate surface area is 115 Å². The fourth-order valence-electron chi connectivity index (χ4n) is 2.15. The van der Waals surface area contributed by atoms with Gasteiger partial charge in [-0.25, -0.2) is 4.98 Å². The third-order valence-electron chi connectivity index (χ3n) is 3.03. The minimum atomic E-state index is -0.704. The van der Waals surface area contributed by atoms with Gasteiger partial charge < -0.3 is 15.3 Å². The standard InChI is InChI=1S/C12H17N3O3S/c1-7(16)13-10-4-15(5-11(10)17)12(18)3-9-6-19-8(2)14-9/h6,10-11,17H,3-5H2,1-2H3,(H,13,16)/t10-,11-/m1/s1. The summed E-state index contributed by atoms with van der Waals surface area (Å²) < 4.78 is 0. The number of nitrogens with one attached hydrogen (secondary N) is 1. The van der Waals surface area contributed by atoms with E-state index in [-0.39, 0.29) is 30.8 Å². The first-order valence-electron chi connectivity index (χ1n) is 6.09. The minimum absolute atomic E-state index is 0.0720. The number of amides is 2. The zero-order chi connectivity index (χ0) is 14.0. The molecule has 6 nitrogen and oxygen atoms in total. The number of β-amino-alcohol motifs (C(OH)–C–C–N with tert-alkyl or cyclic N) is 1. The summed E-state index contributed by atoms with van der Waals surface area (Å²) in [6.07, 6.45) is -0.464. The van der Waals surface area contributed by atoms with Crippen LogP contribution in [0.3, 0.4) is 0 Å². The van der Waals surface area contributed by atoms with Crippen molar-refractivity contribution in [3.63, 3.8) is 0 Å². The van der Waals surface area contributed by atoms with Gasteiger partial charge in [-0.2, -0.15) is 0 Å². The number of carbonyl (C=O) groups is 2. The lowest BCUT2D eigenvalue weighted by Gasteiger charge is -2.15. The van der Waals surface area contributed by atoms with Crippen molar-refractivity contribution in [3.05, 3.63) is 16.1 Å². The Morgan fingerprint density at radius 2 is 2.32 bits per heavy atom. The predicted molar refractivity (Wildman–Crippen MR) is 70.7 cm³/mol. The Morgan fingerprint density at radius 3 is 2.89 bits per heavy atom. The van der Waals surface area contributed by atoms with E-state index in [9.17, 15) is 14.7 Å². The topological polar surface area (TPSA) is 82.5 Å². The fourth-order valence-corrected chi connectivity index (χ4v) is 2.76. The summed E-state index contributed by atoms with van der Waals surface area (Å²) in [5.41, 5.74) is 0.755. The summed E-state index contributed by atoms with van der Waals surface area (Å²) in [6, 6.07) is -0.376. The molecule has 0 unspecified atom stereocenters. The van der Waals surface area contributed by atoms with Crippen molar-refractivity contribution in [3.8, 4) is 0 Å². The van der Waals surface area contributed by atoms with E-state index in [0.717, 1.165) is 10.7 Å². The Balaban J connectivity index is 1.92. The van der Waals surface area contributed by atoms with E-state index < -0.39 is 6.10 Å². The molecular formula is C12H17N3O3S. The number of rotatable bonds is 3. The lowest BCUT2D eigenvalue weighted by molar-refractivity contribution is -0.130. The first-order chi connectivity index (χ1) is 8.95. The van der Waals surface area contributed by atoms with Crippen molar-refractivity contribution in [2.24, 2.45) is 0 Å². The van der Waals surface area contributed by atoms with Crippen LogP contribution in [0.15, 0.2) is 5.38 Å². The molecule has 1 aromatic rings. The molecule has 2 amide bonds. The molecule has 1 aliphatic rings. The quantitative estimate of drug-likeness (QED) is 0.798. The number of nitrogens with zero attached hydrogens (tertiary/aromatic N) is 2. The van der Waals surface area contributed by atoms with E-state index in [1.54, 1.807) is 4.90 Å². The molecule has 1 fully saturated rings. The minimum Gasteiger partial charge on any atom is -0.389 e. The first kappa shape index (κ1) is 14.0. The zero-order valence-corrected chi connectivity index (χ0v) is 11.7. The molecule has 0 radical (unpaired) electrons. The molecule has 2 atom stereocenters. The second-order valence-electron chi connectivity index (χ2n) is 4.71. The maximum Gasteiger partial charge on any atom is 0.228 e. The maximum atomic E-state index is 12.1. The molecule has 1 saturated heterocycles. The molecule has 2 rings (SSSR count). The summed E-state index contributed by atoms with van der Waals surface area (Å²) in [5.74, 6) is -0.273. The Morgan fingerprint density at radius 1 is 1.58 bits per heavy atom. The summed E-state index contributed by atoms with van der Waals surface area (Å²) in [5, 5.41) is 15.3. The third kappa shape index (κ3) is 3.51. The molecule has 0 spiro atoms. The van der Waals surface area contributed by atoms with Crippen LogP contribution in [0.2, 0.25) is 0 Å². The van der Waals surface area contributed by atoms with Crippen LogP contribution < -0.4 is 5.32 Å². The van der Waals surface area contributed by atoms with E-state index in [1.807, 2.05) is 12.3 Å². The average molecular weight is 283 g/mol. The lowest BCUT2D eigenvalue weighted by atomic mass is 10.2. The molecule has 0 aliphatic carbocycles. The van der Waals surface area contributed by atoms with Crippen molar-refractivity contribution in [1.29, 1.82) is 0 Å². The van der Waals surface area contributed by atoms with Gasteiger partial charge in [-0.1, -0.05) is 0 Å². The van der Waals surface area contributed by atoms with Crippen molar-refractivity contribution in [2.45, 2.75) is 32.4 Å². The monoisotopic (exact) mass is 283 g/mol. The van der Waals surface area contributed by atoms with Gasteiger partial charge in [0.2, 0.25) is 11.8 Å². The van der Waals surface area contributed by atoms with Crippen molar-refractivity contribution < 1.29 is 14.7 Å². The highest BCUT2D eigenvalue weighted by atomic mass is 32.1. The summed E-state index contributed by atoms with van der Waals surface area (Å²) >= 11 is 1.51. The van der Waals surface area contributed by atoms with Crippen LogP contribution in [-0.4, -0.2) is 52.0 Å². The number of thiazole rings is 1. The molecule has 0 bridgehead atoms. The summed E-state index contributed by atoms with van der Waals surface area (Å²) in [4.78, 5) is 28.9. The second kappa shape index (κ2) is 5.66. The van der Waals surface area contributed by atoms with E-state index >= 15 is 0 Å². The molecule has 19 heavy (non-hydrogen) atoms. The lowest BCUT2D eigenvalue weighted by Crippen LogP contribution is -2.42. The Kier molecular flexibility index (Phi) is 4.16. The van der Waals surface area contributed by atoms with Crippen LogP contribution >= 0.6 is 11.3 Å². The van der Waals surface area contributed by atoms with E-state index in [1.165, 1.54) is 18.3 Å². The van der Waals surface area contributed by atoms with Gasteiger partial charge in [-0.15, -0.1) is 11.3 Å². The molecule has 1 aromatic heterocycles. The van der Waals surface area contributed by atoms with Gasteiger partial charge in [0.25, 0.3) is 0 Å². The molecule has 7 heteroatoms. The third-order valence-corrected chi connectivity index (χ3v) is 3.85. The van der Waals surface area contributed by atoms with E-state index in [0.29, 0.717) is 6.54 Å².